The summed E-state index contributed by atoms with van der Waals surface area (Å²) in [4.78, 5) is 29.2. The van der Waals surface area contributed by atoms with Gasteiger partial charge in [-0.25, -0.2) is 4.68 Å². The van der Waals surface area contributed by atoms with Gasteiger partial charge in [-0.3, -0.25) is 9.59 Å². The fraction of sp³-hybridized carbons (Fsp3) is 0.207. The number of hydrogen-bond acceptors (Lipinski definition) is 4. The number of rotatable bonds is 7. The molecule has 0 spiro atoms. The van der Waals surface area contributed by atoms with Gasteiger partial charge in [-0.1, -0.05) is 60.7 Å². The van der Waals surface area contributed by atoms with Crippen LogP contribution < -0.4 is 15.8 Å². The van der Waals surface area contributed by atoms with Crippen LogP contribution >= 0.6 is 0 Å². The topological polar surface area (TPSA) is 67.2 Å². The van der Waals surface area contributed by atoms with Crippen molar-refractivity contribution in [3.8, 4) is 22.4 Å². The van der Waals surface area contributed by atoms with E-state index >= 15 is 0 Å². The summed E-state index contributed by atoms with van der Waals surface area (Å²) in [5.74, 6) is -0.456. The second-order valence-electron chi connectivity index (χ2n) is 8.39. The Kier molecular flexibility index (Phi) is 7.11. The normalized spacial score (nSPS) is 10.7. The van der Waals surface area contributed by atoms with Gasteiger partial charge in [0.05, 0.1) is 5.69 Å². The van der Waals surface area contributed by atoms with Crippen LogP contribution in [-0.2, 0) is 7.05 Å². The number of aryl methyl sites for hydroxylation is 2. The predicted molar refractivity (Wildman–Crippen MR) is 143 cm³/mol. The molecule has 35 heavy (non-hydrogen) atoms. The zero-order valence-electron chi connectivity index (χ0n) is 20.6. The first kappa shape index (κ1) is 24.0. The van der Waals surface area contributed by atoms with Crippen LogP contribution in [0.2, 0.25) is 0 Å². The minimum Gasteiger partial charge on any atom is -0.372 e. The van der Waals surface area contributed by atoms with E-state index in [1.165, 1.54) is 4.68 Å². The van der Waals surface area contributed by atoms with Crippen LogP contribution in [0.15, 0.2) is 83.7 Å². The van der Waals surface area contributed by atoms with E-state index in [0.717, 1.165) is 35.5 Å². The van der Waals surface area contributed by atoms with Gasteiger partial charge in [0.15, 0.2) is 0 Å². The van der Waals surface area contributed by atoms with E-state index in [1.807, 2.05) is 79.7 Å². The Labute approximate surface area is 205 Å². The Hall–Kier alpha value is -4.19. The maximum Gasteiger partial charge on any atom is 0.280 e. The van der Waals surface area contributed by atoms with Crippen molar-refractivity contribution < 1.29 is 4.79 Å². The molecule has 0 radical (unpaired) electrons. The van der Waals surface area contributed by atoms with Crippen molar-refractivity contribution in [1.82, 2.24) is 9.78 Å². The molecule has 0 aliphatic rings. The minimum absolute atomic E-state index is 0.0692. The lowest BCUT2D eigenvalue weighted by molar-refractivity contribution is 0.102. The summed E-state index contributed by atoms with van der Waals surface area (Å²) in [6, 6.07) is 25.0. The number of aromatic nitrogens is 2. The number of carbonyl (C=O) groups excluding carboxylic acids is 1. The third kappa shape index (κ3) is 4.87. The molecule has 1 N–H and O–H groups in total. The van der Waals surface area contributed by atoms with Crippen LogP contribution in [-0.4, -0.2) is 28.8 Å². The standard InChI is InChI=1S/C29H30N4O2/c1-5-33(6-2)23-17-18-24(20(3)19-23)30-28(34)26-25(21-13-9-7-10-14-21)27(31-32(4)29(26)35)22-15-11-8-12-16-22/h7-19H,5-6H2,1-4H3,(H,30,34). The van der Waals surface area contributed by atoms with Gasteiger partial charge in [-0.2, -0.15) is 5.10 Å². The minimum atomic E-state index is -0.456. The van der Waals surface area contributed by atoms with Gasteiger partial charge in [0.25, 0.3) is 11.5 Å². The monoisotopic (exact) mass is 466 g/mol. The summed E-state index contributed by atoms with van der Waals surface area (Å²) in [5, 5.41) is 7.54. The molecular formula is C29H30N4O2. The SMILES string of the molecule is CCN(CC)c1ccc(NC(=O)c2c(-c3ccccc3)c(-c3ccccc3)nn(C)c2=O)c(C)c1. The molecule has 6 heteroatoms. The highest BCUT2D eigenvalue weighted by Crippen LogP contribution is 2.32. The first-order valence-electron chi connectivity index (χ1n) is 11.8. The Morgan fingerprint density at radius 3 is 2.09 bits per heavy atom. The smallest absolute Gasteiger partial charge is 0.280 e. The summed E-state index contributed by atoms with van der Waals surface area (Å²) in [5.41, 5.74) is 5.02. The molecule has 0 saturated heterocycles. The molecule has 0 atom stereocenters. The highest BCUT2D eigenvalue weighted by molar-refractivity contribution is 6.10. The van der Waals surface area contributed by atoms with E-state index in [-0.39, 0.29) is 5.56 Å². The van der Waals surface area contributed by atoms with Gasteiger partial charge in [0.1, 0.15) is 5.56 Å². The highest BCUT2D eigenvalue weighted by atomic mass is 16.2. The second kappa shape index (κ2) is 10.4. The molecule has 4 rings (SSSR count). The van der Waals surface area contributed by atoms with Gasteiger partial charge < -0.3 is 10.2 Å². The summed E-state index contributed by atoms with van der Waals surface area (Å²) in [7, 11) is 1.57. The van der Waals surface area contributed by atoms with Crippen molar-refractivity contribution in [2.75, 3.05) is 23.3 Å². The predicted octanol–water partition coefficient (Wildman–Crippen LogP) is 5.52. The zero-order chi connectivity index (χ0) is 24.9. The van der Waals surface area contributed by atoms with Crippen LogP contribution in [0.5, 0.6) is 0 Å². The third-order valence-corrected chi connectivity index (χ3v) is 6.17. The van der Waals surface area contributed by atoms with E-state index in [9.17, 15) is 9.59 Å². The van der Waals surface area contributed by atoms with Gasteiger partial charge in [0, 0.05) is 42.6 Å². The molecule has 6 nitrogen and oxygen atoms in total. The summed E-state index contributed by atoms with van der Waals surface area (Å²) in [6.45, 7) is 7.99. The molecule has 0 saturated carbocycles. The maximum atomic E-state index is 13.7. The Balaban J connectivity index is 1.85. The highest BCUT2D eigenvalue weighted by Gasteiger charge is 2.25. The zero-order valence-corrected chi connectivity index (χ0v) is 20.6. The van der Waals surface area contributed by atoms with Crippen molar-refractivity contribution in [3.05, 3.63) is 100 Å². The molecule has 178 valence electrons. The van der Waals surface area contributed by atoms with Gasteiger partial charge in [0.2, 0.25) is 0 Å². The molecule has 0 aliphatic carbocycles. The molecule has 1 heterocycles. The average molecular weight is 467 g/mol. The van der Waals surface area contributed by atoms with Crippen molar-refractivity contribution in [3.63, 3.8) is 0 Å². The average Bonchev–Trinajstić information content (AvgIpc) is 2.88. The van der Waals surface area contributed by atoms with Gasteiger partial charge >= 0.3 is 0 Å². The quantitative estimate of drug-likeness (QED) is 0.389. The van der Waals surface area contributed by atoms with E-state index in [0.29, 0.717) is 16.9 Å². The molecular weight excluding hydrogens is 436 g/mol. The van der Waals surface area contributed by atoms with Crippen LogP contribution in [0.1, 0.15) is 29.8 Å². The van der Waals surface area contributed by atoms with Crippen LogP contribution in [0.25, 0.3) is 22.4 Å². The van der Waals surface area contributed by atoms with E-state index in [2.05, 4.69) is 35.2 Å². The van der Waals surface area contributed by atoms with E-state index in [1.54, 1.807) is 7.05 Å². The summed E-state index contributed by atoms with van der Waals surface area (Å²) >= 11 is 0. The number of nitrogens with zero attached hydrogens (tertiary/aromatic N) is 3. The molecule has 0 fully saturated rings. The molecule has 0 bridgehead atoms. The van der Waals surface area contributed by atoms with Crippen LogP contribution in [0.3, 0.4) is 0 Å². The number of amides is 1. The number of benzene rings is 3. The maximum absolute atomic E-state index is 13.7. The second-order valence-corrected chi connectivity index (χ2v) is 8.39. The Morgan fingerprint density at radius 1 is 0.914 bits per heavy atom. The Bertz CT molecular complexity index is 1390. The van der Waals surface area contributed by atoms with Crippen LogP contribution in [0.4, 0.5) is 11.4 Å². The number of hydrogen-bond donors (Lipinski definition) is 1. The Morgan fingerprint density at radius 2 is 1.51 bits per heavy atom. The largest absolute Gasteiger partial charge is 0.372 e. The summed E-state index contributed by atoms with van der Waals surface area (Å²) in [6.07, 6.45) is 0. The first-order chi connectivity index (χ1) is 16.9. The molecule has 1 aromatic heterocycles. The number of carbonyl (C=O) groups is 1. The molecule has 1 amide bonds. The lowest BCUT2D eigenvalue weighted by atomic mass is 9.95. The lowest BCUT2D eigenvalue weighted by Crippen LogP contribution is -2.31. The van der Waals surface area contributed by atoms with E-state index < -0.39 is 11.5 Å². The number of nitrogens with one attached hydrogen (secondary N) is 1. The molecule has 0 aliphatic heterocycles. The van der Waals surface area contributed by atoms with Crippen molar-refractivity contribution in [2.24, 2.45) is 7.05 Å². The fourth-order valence-electron chi connectivity index (χ4n) is 4.29. The molecule has 4 aromatic rings. The van der Waals surface area contributed by atoms with Crippen molar-refractivity contribution >= 4 is 17.3 Å². The van der Waals surface area contributed by atoms with Crippen molar-refractivity contribution in [2.45, 2.75) is 20.8 Å². The van der Waals surface area contributed by atoms with Crippen molar-refractivity contribution in [1.29, 1.82) is 0 Å². The van der Waals surface area contributed by atoms with Crippen LogP contribution in [0, 0.1) is 6.92 Å². The lowest BCUT2D eigenvalue weighted by Gasteiger charge is -2.22. The molecule has 0 unspecified atom stereocenters. The summed E-state index contributed by atoms with van der Waals surface area (Å²) < 4.78 is 1.24. The first-order valence-corrected chi connectivity index (χ1v) is 11.8. The molecule has 3 aromatic carbocycles. The van der Waals surface area contributed by atoms with Gasteiger partial charge in [-0.05, 0) is 50.1 Å². The van der Waals surface area contributed by atoms with E-state index in [4.69, 9.17) is 0 Å². The fourth-order valence-corrected chi connectivity index (χ4v) is 4.29. The van der Waals surface area contributed by atoms with Gasteiger partial charge in [-0.15, -0.1) is 0 Å². The number of anilines is 2. The third-order valence-electron chi connectivity index (χ3n) is 6.17.